The second-order valence-corrected chi connectivity index (χ2v) is 5.78. The molecule has 9 heteroatoms. The smallest absolute Gasteiger partial charge is 0.246 e. The second kappa shape index (κ2) is 7.47. The van der Waals surface area contributed by atoms with E-state index >= 15 is 0 Å². The number of methoxy groups -OCH3 is 3. The summed E-state index contributed by atoms with van der Waals surface area (Å²) >= 11 is 0. The zero-order valence-electron chi connectivity index (χ0n) is 14.8. The number of nitrogens with two attached hydrogens (primary N) is 1. The van der Waals surface area contributed by atoms with Crippen LogP contribution in [0.15, 0.2) is 12.1 Å². The largest absolute Gasteiger partial charge is 0.493 e. The number of aromatic amines is 1. The second-order valence-electron chi connectivity index (χ2n) is 5.78. The van der Waals surface area contributed by atoms with Crippen molar-refractivity contribution < 1.29 is 14.2 Å². The summed E-state index contributed by atoms with van der Waals surface area (Å²) in [5, 5.41) is 6.79. The van der Waals surface area contributed by atoms with Crippen LogP contribution in [0, 0.1) is 0 Å². The third-order valence-corrected chi connectivity index (χ3v) is 4.33. The fraction of sp³-hybridized carbons (Fsp3) is 0.500. The van der Waals surface area contributed by atoms with Crippen LogP contribution in [-0.2, 0) is 6.54 Å². The number of anilines is 2. The van der Waals surface area contributed by atoms with E-state index in [0.29, 0.717) is 29.1 Å². The van der Waals surface area contributed by atoms with Gasteiger partial charge in [-0.15, -0.1) is 5.10 Å². The topological polar surface area (TPSA) is 102 Å². The lowest BCUT2D eigenvalue weighted by Gasteiger charge is -2.34. The number of rotatable bonds is 6. The number of benzene rings is 1. The van der Waals surface area contributed by atoms with Crippen LogP contribution in [-0.4, -0.2) is 67.6 Å². The van der Waals surface area contributed by atoms with Gasteiger partial charge >= 0.3 is 0 Å². The van der Waals surface area contributed by atoms with Gasteiger partial charge in [-0.05, 0) is 6.07 Å². The number of hydrogen-bond acceptors (Lipinski definition) is 8. The number of hydrogen-bond donors (Lipinski definition) is 2. The number of nitrogen functional groups attached to an aromatic ring is 1. The van der Waals surface area contributed by atoms with Crippen molar-refractivity contribution in [2.45, 2.75) is 6.54 Å². The Balaban J connectivity index is 1.67. The molecule has 9 nitrogen and oxygen atoms in total. The Bertz CT molecular complexity index is 712. The highest BCUT2D eigenvalue weighted by Crippen LogP contribution is 2.40. The summed E-state index contributed by atoms with van der Waals surface area (Å²) in [5.41, 5.74) is 6.66. The first kappa shape index (κ1) is 17.2. The molecule has 1 fully saturated rings. The molecule has 2 aromatic rings. The molecule has 3 rings (SSSR count). The molecule has 1 aromatic carbocycles. The predicted molar refractivity (Wildman–Crippen MR) is 94.4 cm³/mol. The van der Waals surface area contributed by atoms with Gasteiger partial charge < -0.3 is 24.8 Å². The number of nitrogens with zero attached hydrogens (tertiary/aromatic N) is 4. The SMILES string of the molecule is COc1ccc(CN2CCN(c3n[nH]c(N)n3)CC2)c(OC)c1OC. The quantitative estimate of drug-likeness (QED) is 0.788. The van der Waals surface area contributed by atoms with Crippen molar-refractivity contribution in [3.8, 4) is 17.2 Å². The number of nitrogens with one attached hydrogen (secondary N) is 1. The van der Waals surface area contributed by atoms with Gasteiger partial charge in [0.25, 0.3) is 0 Å². The molecule has 136 valence electrons. The molecule has 0 atom stereocenters. The van der Waals surface area contributed by atoms with E-state index in [1.807, 2.05) is 12.1 Å². The summed E-state index contributed by atoms with van der Waals surface area (Å²) in [6, 6.07) is 3.92. The van der Waals surface area contributed by atoms with E-state index in [9.17, 15) is 0 Å². The van der Waals surface area contributed by atoms with E-state index in [1.54, 1.807) is 21.3 Å². The molecule has 0 bridgehead atoms. The standard InChI is InChI=1S/C16H24N6O3/c1-23-12-5-4-11(13(24-2)14(12)25-3)10-21-6-8-22(9-7-21)16-18-15(17)19-20-16/h4-5H,6-10H2,1-3H3,(H3,17,18,19,20). The number of ether oxygens (including phenoxy) is 3. The van der Waals surface area contributed by atoms with Crippen molar-refractivity contribution in [1.82, 2.24) is 20.1 Å². The highest BCUT2D eigenvalue weighted by Gasteiger charge is 2.22. The van der Waals surface area contributed by atoms with Crippen LogP contribution >= 0.6 is 0 Å². The van der Waals surface area contributed by atoms with Gasteiger partial charge in [0, 0.05) is 38.3 Å². The van der Waals surface area contributed by atoms with Crippen molar-refractivity contribution in [3.05, 3.63) is 17.7 Å². The van der Waals surface area contributed by atoms with Gasteiger partial charge in [-0.2, -0.15) is 4.98 Å². The first-order valence-electron chi connectivity index (χ1n) is 8.09. The summed E-state index contributed by atoms with van der Waals surface area (Å²) in [6.07, 6.45) is 0. The summed E-state index contributed by atoms with van der Waals surface area (Å²) in [6.45, 7) is 4.24. The molecule has 3 N–H and O–H groups in total. The first-order chi connectivity index (χ1) is 12.2. The molecule has 25 heavy (non-hydrogen) atoms. The molecule has 0 saturated carbocycles. The molecule has 1 aliphatic heterocycles. The molecule has 1 aromatic heterocycles. The summed E-state index contributed by atoms with van der Waals surface area (Å²) < 4.78 is 16.4. The highest BCUT2D eigenvalue weighted by molar-refractivity contribution is 5.55. The minimum absolute atomic E-state index is 0.340. The lowest BCUT2D eigenvalue weighted by molar-refractivity contribution is 0.243. The fourth-order valence-corrected chi connectivity index (χ4v) is 3.04. The van der Waals surface area contributed by atoms with Crippen molar-refractivity contribution in [1.29, 1.82) is 0 Å². The molecule has 0 radical (unpaired) electrons. The van der Waals surface area contributed by atoms with Crippen LogP contribution < -0.4 is 24.8 Å². The molecule has 1 saturated heterocycles. The van der Waals surface area contributed by atoms with Gasteiger partial charge in [-0.3, -0.25) is 4.90 Å². The number of aromatic nitrogens is 3. The third kappa shape index (κ3) is 3.55. The molecule has 0 unspecified atom stereocenters. The van der Waals surface area contributed by atoms with Crippen LogP contribution in [0.1, 0.15) is 5.56 Å². The Labute approximate surface area is 146 Å². The Morgan fingerprint density at radius 1 is 1.04 bits per heavy atom. The van der Waals surface area contributed by atoms with E-state index in [0.717, 1.165) is 38.3 Å². The minimum Gasteiger partial charge on any atom is -0.493 e. The third-order valence-electron chi connectivity index (χ3n) is 4.33. The molecule has 0 spiro atoms. The monoisotopic (exact) mass is 348 g/mol. The van der Waals surface area contributed by atoms with Crippen LogP contribution in [0.2, 0.25) is 0 Å². The van der Waals surface area contributed by atoms with Gasteiger partial charge in [-0.1, -0.05) is 6.07 Å². The molecule has 2 heterocycles. The lowest BCUT2D eigenvalue weighted by atomic mass is 10.1. The van der Waals surface area contributed by atoms with E-state index in [1.165, 1.54) is 0 Å². The summed E-state index contributed by atoms with van der Waals surface area (Å²) in [7, 11) is 4.88. The zero-order valence-corrected chi connectivity index (χ0v) is 14.8. The average Bonchev–Trinajstić information content (AvgIpc) is 3.08. The minimum atomic E-state index is 0.340. The molecule has 0 aliphatic carbocycles. The maximum Gasteiger partial charge on any atom is 0.246 e. The van der Waals surface area contributed by atoms with E-state index in [-0.39, 0.29) is 0 Å². The van der Waals surface area contributed by atoms with E-state index in [4.69, 9.17) is 19.9 Å². The maximum absolute atomic E-state index is 5.60. The van der Waals surface area contributed by atoms with Gasteiger partial charge in [0.15, 0.2) is 11.5 Å². The maximum atomic E-state index is 5.60. The van der Waals surface area contributed by atoms with Crippen LogP contribution in [0.4, 0.5) is 11.9 Å². The van der Waals surface area contributed by atoms with Crippen molar-refractivity contribution in [2.24, 2.45) is 0 Å². The van der Waals surface area contributed by atoms with Gasteiger partial charge in [0.1, 0.15) is 0 Å². The Morgan fingerprint density at radius 2 is 1.76 bits per heavy atom. The van der Waals surface area contributed by atoms with E-state index in [2.05, 4.69) is 25.0 Å². The predicted octanol–water partition coefficient (Wildman–Crippen LogP) is 0.735. The Hall–Kier alpha value is -2.68. The summed E-state index contributed by atoms with van der Waals surface area (Å²) in [5.74, 6) is 2.99. The average molecular weight is 348 g/mol. The summed E-state index contributed by atoms with van der Waals surface area (Å²) in [4.78, 5) is 8.66. The van der Waals surface area contributed by atoms with Crippen molar-refractivity contribution >= 4 is 11.9 Å². The lowest BCUT2D eigenvalue weighted by Crippen LogP contribution is -2.46. The fourth-order valence-electron chi connectivity index (χ4n) is 3.04. The normalized spacial score (nSPS) is 15.2. The van der Waals surface area contributed by atoms with Gasteiger partial charge in [-0.25, -0.2) is 5.10 Å². The number of H-pyrrole nitrogens is 1. The van der Waals surface area contributed by atoms with Crippen molar-refractivity contribution in [3.63, 3.8) is 0 Å². The molecule has 1 aliphatic rings. The first-order valence-corrected chi connectivity index (χ1v) is 8.09. The van der Waals surface area contributed by atoms with E-state index < -0.39 is 0 Å². The van der Waals surface area contributed by atoms with Crippen LogP contribution in [0.25, 0.3) is 0 Å². The van der Waals surface area contributed by atoms with Crippen LogP contribution in [0.5, 0.6) is 17.2 Å². The van der Waals surface area contributed by atoms with Gasteiger partial charge in [0.05, 0.1) is 21.3 Å². The molecular formula is C16H24N6O3. The highest BCUT2D eigenvalue weighted by atomic mass is 16.5. The van der Waals surface area contributed by atoms with Crippen molar-refractivity contribution in [2.75, 3.05) is 58.1 Å². The Kier molecular flexibility index (Phi) is 5.13. The Morgan fingerprint density at radius 3 is 2.32 bits per heavy atom. The molecule has 0 amide bonds. The van der Waals surface area contributed by atoms with Crippen LogP contribution in [0.3, 0.4) is 0 Å². The zero-order chi connectivity index (χ0) is 17.8. The number of piperazine rings is 1. The van der Waals surface area contributed by atoms with Gasteiger partial charge in [0.2, 0.25) is 17.6 Å². The molecular weight excluding hydrogens is 324 g/mol.